The summed E-state index contributed by atoms with van der Waals surface area (Å²) in [5.41, 5.74) is 0.276. The minimum absolute atomic E-state index is 0.0737. The topological polar surface area (TPSA) is 111 Å². The van der Waals surface area contributed by atoms with Crippen LogP contribution in [0.4, 0.5) is 10.5 Å². The summed E-state index contributed by atoms with van der Waals surface area (Å²) in [6, 6.07) is 6.16. The quantitative estimate of drug-likeness (QED) is 0.687. The predicted molar refractivity (Wildman–Crippen MR) is 85.2 cm³/mol. The Morgan fingerprint density at radius 1 is 1.18 bits per heavy atom. The van der Waals surface area contributed by atoms with E-state index in [9.17, 15) is 13.2 Å². The number of anilines is 1. The number of primary sulfonamides is 1. The van der Waals surface area contributed by atoms with Crippen molar-refractivity contribution in [3.05, 3.63) is 24.3 Å². The van der Waals surface area contributed by atoms with Crippen LogP contribution in [-0.4, -0.2) is 33.2 Å². The summed E-state index contributed by atoms with van der Waals surface area (Å²) in [5, 5.41) is 10.8. The van der Waals surface area contributed by atoms with Crippen LogP contribution in [0.5, 0.6) is 0 Å². The first kappa shape index (κ1) is 18.2. The molecule has 0 fully saturated rings. The van der Waals surface area contributed by atoms with Crippen molar-refractivity contribution >= 4 is 21.8 Å². The van der Waals surface area contributed by atoms with Gasteiger partial charge in [-0.25, -0.2) is 18.4 Å². The van der Waals surface area contributed by atoms with Crippen molar-refractivity contribution in [1.82, 2.24) is 5.32 Å². The molecule has 7 nitrogen and oxygen atoms in total. The molecule has 0 heterocycles. The highest BCUT2D eigenvalue weighted by Crippen LogP contribution is 2.12. The van der Waals surface area contributed by atoms with E-state index in [4.69, 9.17) is 9.88 Å². The molecule has 4 N–H and O–H groups in total. The van der Waals surface area contributed by atoms with Crippen LogP contribution in [0.25, 0.3) is 0 Å². The Morgan fingerprint density at radius 3 is 2.27 bits per heavy atom. The Balaban J connectivity index is 2.27. The molecule has 0 aliphatic rings. The van der Waals surface area contributed by atoms with Gasteiger partial charge in [-0.15, -0.1) is 0 Å². The number of rotatable bonds is 6. The SMILES string of the molecule is CC(C)(C)OC(=O)NCCCNc1ccc(S(N)(=O)=O)cc1. The molecule has 0 saturated carbocycles. The van der Waals surface area contributed by atoms with E-state index < -0.39 is 21.7 Å². The molecule has 0 saturated heterocycles. The second kappa shape index (κ2) is 7.46. The summed E-state index contributed by atoms with van der Waals surface area (Å²) < 4.78 is 27.3. The van der Waals surface area contributed by atoms with Gasteiger partial charge in [0.05, 0.1) is 4.90 Å². The van der Waals surface area contributed by atoms with E-state index in [1.165, 1.54) is 12.1 Å². The van der Waals surface area contributed by atoms with Crippen LogP contribution in [0.3, 0.4) is 0 Å². The number of carbonyl (C=O) groups excluding carboxylic acids is 1. The largest absolute Gasteiger partial charge is 0.444 e. The van der Waals surface area contributed by atoms with Crippen LogP contribution in [0.2, 0.25) is 0 Å². The lowest BCUT2D eigenvalue weighted by atomic mass is 10.2. The van der Waals surface area contributed by atoms with Crippen molar-refractivity contribution in [2.24, 2.45) is 5.14 Å². The highest BCUT2D eigenvalue weighted by molar-refractivity contribution is 7.89. The van der Waals surface area contributed by atoms with Crippen molar-refractivity contribution in [2.75, 3.05) is 18.4 Å². The van der Waals surface area contributed by atoms with Crippen molar-refractivity contribution in [3.63, 3.8) is 0 Å². The molecule has 0 radical (unpaired) electrons. The van der Waals surface area contributed by atoms with Crippen molar-refractivity contribution in [2.45, 2.75) is 37.7 Å². The average molecular weight is 329 g/mol. The Hall–Kier alpha value is -1.80. The number of hydrogen-bond acceptors (Lipinski definition) is 5. The number of hydrogen-bond donors (Lipinski definition) is 3. The summed E-state index contributed by atoms with van der Waals surface area (Å²) in [7, 11) is -3.66. The number of carbonyl (C=O) groups is 1. The zero-order valence-corrected chi connectivity index (χ0v) is 13.9. The summed E-state index contributed by atoms with van der Waals surface area (Å²) >= 11 is 0. The van der Waals surface area contributed by atoms with Crippen LogP contribution >= 0.6 is 0 Å². The fourth-order valence-electron chi connectivity index (χ4n) is 1.59. The number of nitrogens with one attached hydrogen (secondary N) is 2. The molecule has 0 spiro atoms. The van der Waals surface area contributed by atoms with Gasteiger partial charge in [-0.1, -0.05) is 0 Å². The first-order chi connectivity index (χ1) is 10.1. The molecule has 0 aliphatic carbocycles. The predicted octanol–water partition coefficient (Wildman–Crippen LogP) is 1.66. The maximum atomic E-state index is 11.4. The molecule has 1 amide bonds. The van der Waals surface area contributed by atoms with Crippen LogP contribution in [0.1, 0.15) is 27.2 Å². The van der Waals surface area contributed by atoms with Crippen molar-refractivity contribution < 1.29 is 17.9 Å². The van der Waals surface area contributed by atoms with Gasteiger partial charge in [0.1, 0.15) is 5.60 Å². The maximum absolute atomic E-state index is 11.4. The Kier molecular flexibility index (Phi) is 6.19. The standard InChI is InChI=1S/C14H23N3O4S/c1-14(2,3)21-13(18)17-10-4-9-16-11-5-7-12(8-6-11)22(15,19)20/h5-8,16H,4,9-10H2,1-3H3,(H,17,18)(H2,15,19,20). The summed E-state index contributed by atoms with van der Waals surface area (Å²) in [6.45, 7) is 6.53. The minimum atomic E-state index is -3.66. The smallest absolute Gasteiger partial charge is 0.407 e. The van der Waals surface area contributed by atoms with Crippen LogP contribution in [-0.2, 0) is 14.8 Å². The highest BCUT2D eigenvalue weighted by atomic mass is 32.2. The molecular weight excluding hydrogens is 306 g/mol. The Morgan fingerprint density at radius 2 is 1.77 bits per heavy atom. The molecule has 8 heteroatoms. The third-order valence-electron chi connectivity index (χ3n) is 2.53. The lowest BCUT2D eigenvalue weighted by Crippen LogP contribution is -2.33. The number of sulfonamides is 1. The number of ether oxygens (including phenoxy) is 1. The van der Waals surface area contributed by atoms with E-state index in [1.54, 1.807) is 32.9 Å². The van der Waals surface area contributed by atoms with Crippen LogP contribution in [0.15, 0.2) is 29.2 Å². The average Bonchev–Trinajstić information content (AvgIpc) is 2.35. The lowest BCUT2D eigenvalue weighted by Gasteiger charge is -2.19. The molecular formula is C14H23N3O4S. The van der Waals surface area contributed by atoms with Gasteiger partial charge in [-0.05, 0) is 51.5 Å². The second-order valence-electron chi connectivity index (χ2n) is 5.78. The monoisotopic (exact) mass is 329 g/mol. The van der Waals surface area contributed by atoms with Crippen LogP contribution < -0.4 is 15.8 Å². The van der Waals surface area contributed by atoms with Gasteiger partial charge in [-0.2, -0.15) is 0 Å². The summed E-state index contributed by atoms with van der Waals surface area (Å²) in [6.07, 6.45) is 0.265. The third-order valence-corrected chi connectivity index (χ3v) is 3.46. The van der Waals surface area contributed by atoms with E-state index in [1.807, 2.05) is 0 Å². The number of alkyl carbamates (subject to hydrolysis) is 1. The normalized spacial score (nSPS) is 11.8. The van der Waals surface area contributed by atoms with E-state index >= 15 is 0 Å². The number of nitrogens with two attached hydrogens (primary N) is 1. The van der Waals surface area contributed by atoms with Gasteiger partial charge in [0.25, 0.3) is 0 Å². The first-order valence-electron chi connectivity index (χ1n) is 6.91. The van der Waals surface area contributed by atoms with Crippen LogP contribution in [0, 0.1) is 0 Å². The minimum Gasteiger partial charge on any atom is -0.444 e. The Labute approximate surface area is 131 Å². The molecule has 0 aliphatic heterocycles. The molecule has 124 valence electrons. The zero-order chi connectivity index (χ0) is 16.8. The zero-order valence-electron chi connectivity index (χ0n) is 13.0. The first-order valence-corrected chi connectivity index (χ1v) is 8.46. The molecule has 1 aromatic carbocycles. The highest BCUT2D eigenvalue weighted by Gasteiger charge is 2.15. The van der Waals surface area contributed by atoms with Gasteiger partial charge < -0.3 is 15.4 Å². The van der Waals surface area contributed by atoms with Crippen molar-refractivity contribution in [1.29, 1.82) is 0 Å². The van der Waals surface area contributed by atoms with Gasteiger partial charge in [0.15, 0.2) is 0 Å². The van der Waals surface area contributed by atoms with E-state index in [-0.39, 0.29) is 4.90 Å². The molecule has 0 unspecified atom stereocenters. The van der Waals surface area contributed by atoms with Gasteiger partial charge in [0.2, 0.25) is 10.0 Å². The molecule has 1 rings (SSSR count). The van der Waals surface area contributed by atoms with E-state index in [2.05, 4.69) is 10.6 Å². The maximum Gasteiger partial charge on any atom is 0.407 e. The molecule has 0 bridgehead atoms. The summed E-state index contributed by atoms with van der Waals surface area (Å²) in [4.78, 5) is 11.5. The molecule has 22 heavy (non-hydrogen) atoms. The summed E-state index contributed by atoms with van der Waals surface area (Å²) in [5.74, 6) is 0. The second-order valence-corrected chi connectivity index (χ2v) is 7.34. The third kappa shape index (κ3) is 7.28. The van der Waals surface area contributed by atoms with Gasteiger partial charge in [0, 0.05) is 18.8 Å². The molecule has 0 aromatic heterocycles. The fourth-order valence-corrected chi connectivity index (χ4v) is 2.10. The molecule has 0 atom stereocenters. The molecule has 1 aromatic rings. The fraction of sp³-hybridized carbons (Fsp3) is 0.500. The van der Waals surface area contributed by atoms with Gasteiger partial charge in [-0.3, -0.25) is 0 Å². The number of amides is 1. The van der Waals surface area contributed by atoms with E-state index in [0.29, 0.717) is 19.5 Å². The Bertz CT molecular complexity index is 592. The lowest BCUT2D eigenvalue weighted by molar-refractivity contribution is 0.0528. The number of benzene rings is 1. The van der Waals surface area contributed by atoms with Gasteiger partial charge >= 0.3 is 6.09 Å². The van der Waals surface area contributed by atoms with E-state index in [0.717, 1.165) is 5.69 Å². The van der Waals surface area contributed by atoms with Crippen molar-refractivity contribution in [3.8, 4) is 0 Å².